The Morgan fingerprint density at radius 1 is 0.739 bits per heavy atom. The van der Waals surface area contributed by atoms with Gasteiger partial charge in [-0.3, -0.25) is 0 Å². The van der Waals surface area contributed by atoms with E-state index in [-0.39, 0.29) is 0 Å². The molecule has 0 amide bonds. The van der Waals surface area contributed by atoms with Crippen LogP contribution in [0.1, 0.15) is 17.2 Å². The van der Waals surface area contributed by atoms with Gasteiger partial charge < -0.3 is 10.2 Å². The van der Waals surface area contributed by atoms with Crippen LogP contribution in [0, 0.1) is 0 Å². The quantitative estimate of drug-likeness (QED) is 0.836. The van der Waals surface area contributed by atoms with E-state index in [4.69, 9.17) is 0 Å². The van der Waals surface area contributed by atoms with Gasteiger partial charge in [0.1, 0.15) is 6.10 Å². The van der Waals surface area contributed by atoms with Crippen LogP contribution in [-0.4, -0.2) is 22.3 Å². The van der Waals surface area contributed by atoms with Gasteiger partial charge in [0.2, 0.25) is 0 Å². The van der Waals surface area contributed by atoms with Crippen molar-refractivity contribution >= 4 is 0 Å². The van der Waals surface area contributed by atoms with Gasteiger partial charge in [0.25, 0.3) is 5.60 Å². The number of rotatable bonds is 4. The second-order valence-electron chi connectivity index (χ2n) is 5.01. The fourth-order valence-electron chi connectivity index (χ4n) is 2.27. The van der Waals surface area contributed by atoms with E-state index in [1.807, 2.05) is 0 Å². The molecular formula is C16H13F5O2. The first-order chi connectivity index (χ1) is 10.6. The maximum atomic E-state index is 14.5. The molecule has 2 atom stereocenters. The van der Waals surface area contributed by atoms with E-state index in [2.05, 4.69) is 0 Å². The molecule has 2 N–H and O–H groups in total. The molecule has 7 heteroatoms. The summed E-state index contributed by atoms with van der Waals surface area (Å²) >= 11 is 0. The molecule has 0 aliphatic carbocycles. The predicted octanol–water partition coefficient (Wildman–Crippen LogP) is 3.81. The van der Waals surface area contributed by atoms with Crippen molar-refractivity contribution in [2.45, 2.75) is 23.8 Å². The Morgan fingerprint density at radius 2 is 1.17 bits per heavy atom. The van der Waals surface area contributed by atoms with Crippen molar-refractivity contribution in [2.24, 2.45) is 0 Å². The average molecular weight is 332 g/mol. The second-order valence-corrected chi connectivity index (χ2v) is 5.01. The highest BCUT2D eigenvalue weighted by molar-refractivity contribution is 5.31. The normalized spacial score (nSPS) is 16.7. The fourth-order valence-corrected chi connectivity index (χ4v) is 2.27. The van der Waals surface area contributed by atoms with Crippen LogP contribution in [0.4, 0.5) is 22.0 Å². The van der Waals surface area contributed by atoms with Gasteiger partial charge in [-0.15, -0.1) is 0 Å². The lowest BCUT2D eigenvalue weighted by atomic mass is 9.82. The number of aliphatic hydroxyl groups excluding tert-OH is 1. The number of benzene rings is 2. The summed E-state index contributed by atoms with van der Waals surface area (Å²) in [7, 11) is 0. The van der Waals surface area contributed by atoms with Crippen molar-refractivity contribution in [1.29, 1.82) is 0 Å². The van der Waals surface area contributed by atoms with Crippen molar-refractivity contribution in [3.05, 3.63) is 71.8 Å². The highest BCUT2D eigenvalue weighted by Gasteiger charge is 2.72. The Balaban J connectivity index is 2.59. The maximum absolute atomic E-state index is 14.5. The van der Waals surface area contributed by atoms with Gasteiger partial charge in [-0.25, -0.2) is 0 Å². The van der Waals surface area contributed by atoms with Gasteiger partial charge >= 0.3 is 12.1 Å². The molecule has 0 saturated heterocycles. The van der Waals surface area contributed by atoms with Crippen LogP contribution in [-0.2, 0) is 5.60 Å². The van der Waals surface area contributed by atoms with Gasteiger partial charge in [0, 0.05) is 0 Å². The smallest absolute Gasteiger partial charge is 0.382 e. The average Bonchev–Trinajstić information content (AvgIpc) is 2.53. The summed E-state index contributed by atoms with van der Waals surface area (Å²) in [4.78, 5) is 0. The largest absolute Gasteiger partial charge is 0.427 e. The molecule has 0 aliphatic heterocycles. The molecule has 0 heterocycles. The summed E-state index contributed by atoms with van der Waals surface area (Å²) in [5.41, 5.74) is -6.01. The summed E-state index contributed by atoms with van der Waals surface area (Å²) in [6.45, 7) is 0. The molecule has 0 aromatic heterocycles. The Hall–Kier alpha value is -1.99. The summed E-state index contributed by atoms with van der Waals surface area (Å²) in [5, 5.41) is 19.7. The first kappa shape index (κ1) is 17.4. The summed E-state index contributed by atoms with van der Waals surface area (Å²) in [6.07, 6.45) is -8.54. The first-order valence-corrected chi connectivity index (χ1v) is 6.58. The van der Waals surface area contributed by atoms with Gasteiger partial charge in [0.15, 0.2) is 0 Å². The predicted molar refractivity (Wildman–Crippen MR) is 72.7 cm³/mol. The van der Waals surface area contributed by atoms with E-state index in [0.717, 1.165) is 36.4 Å². The molecule has 2 aromatic rings. The topological polar surface area (TPSA) is 40.5 Å². The van der Waals surface area contributed by atoms with Gasteiger partial charge in [0.05, 0.1) is 0 Å². The molecule has 2 aromatic carbocycles. The monoisotopic (exact) mass is 332 g/mol. The van der Waals surface area contributed by atoms with Crippen molar-refractivity contribution in [2.75, 3.05) is 0 Å². The first-order valence-electron chi connectivity index (χ1n) is 6.58. The van der Waals surface area contributed by atoms with E-state index in [9.17, 15) is 32.2 Å². The van der Waals surface area contributed by atoms with Crippen LogP contribution in [0.25, 0.3) is 0 Å². The molecule has 2 nitrogen and oxygen atoms in total. The molecule has 2 rings (SSSR count). The van der Waals surface area contributed by atoms with Crippen LogP contribution < -0.4 is 0 Å². The van der Waals surface area contributed by atoms with E-state index < -0.39 is 34.9 Å². The Kier molecular flexibility index (Phi) is 4.45. The lowest BCUT2D eigenvalue weighted by molar-refractivity contribution is -0.359. The van der Waals surface area contributed by atoms with E-state index in [1.54, 1.807) is 0 Å². The van der Waals surface area contributed by atoms with Crippen molar-refractivity contribution < 1.29 is 32.2 Å². The molecule has 0 radical (unpaired) electrons. The van der Waals surface area contributed by atoms with Crippen LogP contribution in [0.15, 0.2) is 60.7 Å². The SMILES string of the molecule is O[C@H](c1ccccc1)C(F)(F)[C@](O)(c1ccccc1)C(F)(F)F. The van der Waals surface area contributed by atoms with Gasteiger partial charge in [-0.1, -0.05) is 60.7 Å². The third kappa shape index (κ3) is 2.82. The number of alkyl halides is 5. The van der Waals surface area contributed by atoms with Crippen molar-refractivity contribution in [3.63, 3.8) is 0 Å². The second kappa shape index (κ2) is 5.90. The van der Waals surface area contributed by atoms with Crippen molar-refractivity contribution in [1.82, 2.24) is 0 Å². The Morgan fingerprint density at radius 3 is 1.61 bits per heavy atom. The van der Waals surface area contributed by atoms with Crippen molar-refractivity contribution in [3.8, 4) is 0 Å². The molecule has 0 bridgehead atoms. The van der Waals surface area contributed by atoms with Crippen LogP contribution in [0.5, 0.6) is 0 Å². The van der Waals surface area contributed by atoms with E-state index in [1.165, 1.54) is 24.3 Å². The number of hydrogen-bond donors (Lipinski definition) is 2. The van der Waals surface area contributed by atoms with Gasteiger partial charge in [-0.2, -0.15) is 22.0 Å². The molecule has 0 saturated carbocycles. The van der Waals surface area contributed by atoms with Crippen LogP contribution in [0.3, 0.4) is 0 Å². The highest BCUT2D eigenvalue weighted by Crippen LogP contribution is 2.53. The molecule has 0 spiro atoms. The number of halogens is 5. The zero-order valence-corrected chi connectivity index (χ0v) is 11.6. The number of hydrogen-bond acceptors (Lipinski definition) is 2. The third-order valence-electron chi connectivity index (χ3n) is 3.54. The van der Waals surface area contributed by atoms with Crippen LogP contribution in [0.2, 0.25) is 0 Å². The summed E-state index contributed by atoms with van der Waals surface area (Å²) < 4.78 is 69.0. The zero-order chi connectivity index (χ0) is 17.3. The molecule has 0 unspecified atom stereocenters. The third-order valence-corrected chi connectivity index (χ3v) is 3.54. The van der Waals surface area contributed by atoms with Gasteiger partial charge in [-0.05, 0) is 11.1 Å². The summed E-state index contributed by atoms with van der Waals surface area (Å²) in [5.74, 6) is -4.91. The molecule has 0 aliphatic rings. The molecule has 124 valence electrons. The molecule has 0 fully saturated rings. The number of aliphatic hydroxyl groups is 2. The Bertz CT molecular complexity index is 643. The summed E-state index contributed by atoms with van der Waals surface area (Å²) in [6, 6.07) is 11.1. The minimum atomic E-state index is -5.70. The lowest BCUT2D eigenvalue weighted by Gasteiger charge is -2.39. The van der Waals surface area contributed by atoms with E-state index >= 15 is 0 Å². The minimum Gasteiger partial charge on any atom is -0.382 e. The maximum Gasteiger partial charge on any atom is 0.427 e. The Labute approximate surface area is 128 Å². The zero-order valence-electron chi connectivity index (χ0n) is 11.6. The highest BCUT2D eigenvalue weighted by atomic mass is 19.4. The standard InChI is InChI=1S/C16H13F5O2/c17-15(18,13(22)11-7-3-1-4-8-11)14(23,16(19,20)21)12-9-5-2-6-10-12/h1-10,13,22-23H/t13-,14-/m1/s1. The lowest BCUT2D eigenvalue weighted by Crippen LogP contribution is -2.58. The minimum absolute atomic E-state index is 0.434. The fraction of sp³-hybridized carbons (Fsp3) is 0.250. The molecule has 23 heavy (non-hydrogen) atoms. The molecular weight excluding hydrogens is 319 g/mol. The van der Waals surface area contributed by atoms with Crippen LogP contribution >= 0.6 is 0 Å². The van der Waals surface area contributed by atoms with E-state index in [0.29, 0.717) is 0 Å².